The molecule has 0 aliphatic carbocycles. The first kappa shape index (κ1) is 14.7. The van der Waals surface area contributed by atoms with Crippen LogP contribution in [-0.4, -0.2) is 40.6 Å². The number of carbonyl (C=O) groups excluding carboxylic acids is 1. The van der Waals surface area contributed by atoms with E-state index in [1.165, 1.54) is 0 Å². The van der Waals surface area contributed by atoms with E-state index in [0.29, 0.717) is 6.54 Å². The maximum atomic E-state index is 11.8. The summed E-state index contributed by atoms with van der Waals surface area (Å²) in [7, 11) is 0. The second kappa shape index (κ2) is 7.09. The monoisotopic (exact) mass is 230 g/mol. The van der Waals surface area contributed by atoms with Crippen LogP contribution < -0.4 is 5.32 Å². The van der Waals surface area contributed by atoms with Crippen molar-refractivity contribution in [3.8, 4) is 0 Å². The van der Waals surface area contributed by atoms with E-state index in [0.717, 1.165) is 6.42 Å². The molecule has 0 heterocycles. The van der Waals surface area contributed by atoms with Gasteiger partial charge in [-0.05, 0) is 27.2 Å². The molecule has 0 spiro atoms. The van der Waals surface area contributed by atoms with Gasteiger partial charge in [0.1, 0.15) is 0 Å². The van der Waals surface area contributed by atoms with Crippen molar-refractivity contribution in [2.45, 2.75) is 52.6 Å². The van der Waals surface area contributed by atoms with Gasteiger partial charge in [0.2, 0.25) is 0 Å². The standard InChI is InChI=1S/C11H22N2O3/c1-5-9(4)13(6-2)11(16)12-8(3)7-10(14)15/h8-9H,5-7H2,1-4H3,(H,12,16)(H,14,15). The first-order valence-corrected chi connectivity index (χ1v) is 5.71. The van der Waals surface area contributed by atoms with Gasteiger partial charge in [0.15, 0.2) is 0 Å². The van der Waals surface area contributed by atoms with Crippen LogP contribution in [0.2, 0.25) is 0 Å². The number of rotatable bonds is 6. The second-order valence-corrected chi connectivity index (χ2v) is 3.99. The summed E-state index contributed by atoms with van der Waals surface area (Å²) in [5, 5.41) is 11.3. The highest BCUT2D eigenvalue weighted by Gasteiger charge is 2.19. The lowest BCUT2D eigenvalue weighted by atomic mass is 10.2. The summed E-state index contributed by atoms with van der Waals surface area (Å²) in [5.41, 5.74) is 0. The largest absolute Gasteiger partial charge is 0.481 e. The Kier molecular flexibility index (Phi) is 6.53. The number of hydrogen-bond acceptors (Lipinski definition) is 2. The van der Waals surface area contributed by atoms with Crippen molar-refractivity contribution in [3.05, 3.63) is 0 Å². The van der Waals surface area contributed by atoms with Crippen LogP contribution in [0.5, 0.6) is 0 Å². The zero-order chi connectivity index (χ0) is 12.7. The number of carboxylic acids is 1. The highest BCUT2D eigenvalue weighted by Crippen LogP contribution is 2.04. The summed E-state index contributed by atoms with van der Waals surface area (Å²) < 4.78 is 0. The normalized spacial score (nSPS) is 14.0. The summed E-state index contributed by atoms with van der Waals surface area (Å²) in [6, 6.07) is -0.365. The minimum atomic E-state index is -0.903. The molecule has 16 heavy (non-hydrogen) atoms. The highest BCUT2D eigenvalue weighted by molar-refractivity contribution is 5.76. The quantitative estimate of drug-likeness (QED) is 0.729. The maximum absolute atomic E-state index is 11.8. The van der Waals surface area contributed by atoms with Crippen LogP contribution in [0, 0.1) is 0 Å². The van der Waals surface area contributed by atoms with E-state index in [1.54, 1.807) is 11.8 Å². The smallest absolute Gasteiger partial charge is 0.317 e. The summed E-state index contributed by atoms with van der Waals surface area (Å²) in [5.74, 6) is -0.903. The van der Waals surface area contributed by atoms with Crippen molar-refractivity contribution in [1.82, 2.24) is 10.2 Å². The molecule has 94 valence electrons. The third-order valence-corrected chi connectivity index (χ3v) is 2.58. The van der Waals surface area contributed by atoms with Crippen LogP contribution in [0.1, 0.15) is 40.5 Å². The summed E-state index contributed by atoms with van der Waals surface area (Å²) in [6.07, 6.45) is 0.832. The summed E-state index contributed by atoms with van der Waals surface area (Å²) in [6.45, 7) is 8.22. The lowest BCUT2D eigenvalue weighted by Gasteiger charge is -2.28. The molecule has 2 atom stereocenters. The highest BCUT2D eigenvalue weighted by atomic mass is 16.4. The zero-order valence-corrected chi connectivity index (χ0v) is 10.5. The zero-order valence-electron chi connectivity index (χ0n) is 10.5. The fourth-order valence-corrected chi connectivity index (χ4v) is 1.48. The molecule has 0 saturated carbocycles. The van der Waals surface area contributed by atoms with Crippen molar-refractivity contribution < 1.29 is 14.7 Å². The molecule has 0 bridgehead atoms. The molecule has 0 fully saturated rings. The molecule has 5 heteroatoms. The van der Waals surface area contributed by atoms with Crippen LogP contribution in [0.4, 0.5) is 4.79 Å². The molecule has 0 aliphatic rings. The van der Waals surface area contributed by atoms with Gasteiger partial charge in [-0.15, -0.1) is 0 Å². The second-order valence-electron chi connectivity index (χ2n) is 3.99. The molecule has 0 aromatic rings. The Labute approximate surface area is 96.8 Å². The molecule has 0 saturated heterocycles. The fraction of sp³-hybridized carbons (Fsp3) is 0.818. The van der Waals surface area contributed by atoms with Gasteiger partial charge in [-0.2, -0.15) is 0 Å². The number of amides is 2. The topological polar surface area (TPSA) is 69.6 Å². The van der Waals surface area contributed by atoms with E-state index in [4.69, 9.17) is 5.11 Å². The Morgan fingerprint density at radius 1 is 1.31 bits per heavy atom. The van der Waals surface area contributed by atoms with Gasteiger partial charge in [0.25, 0.3) is 0 Å². The number of urea groups is 1. The molecular formula is C11H22N2O3. The summed E-state index contributed by atoms with van der Waals surface area (Å²) >= 11 is 0. The molecule has 2 amide bonds. The SMILES string of the molecule is CCC(C)N(CC)C(=O)NC(C)CC(=O)O. The van der Waals surface area contributed by atoms with Crippen LogP contribution in [0.25, 0.3) is 0 Å². The molecule has 0 rings (SSSR count). The number of nitrogens with one attached hydrogen (secondary N) is 1. The number of carbonyl (C=O) groups is 2. The van der Waals surface area contributed by atoms with Crippen molar-refractivity contribution in [1.29, 1.82) is 0 Å². The first-order chi connectivity index (χ1) is 7.42. The van der Waals surface area contributed by atoms with Gasteiger partial charge < -0.3 is 15.3 Å². The maximum Gasteiger partial charge on any atom is 0.317 e. The predicted molar refractivity (Wildman–Crippen MR) is 62.4 cm³/mol. The molecular weight excluding hydrogens is 208 g/mol. The average molecular weight is 230 g/mol. The Hall–Kier alpha value is -1.26. The van der Waals surface area contributed by atoms with Crippen LogP contribution in [0.15, 0.2) is 0 Å². The fourth-order valence-electron chi connectivity index (χ4n) is 1.48. The minimum absolute atomic E-state index is 0.0518. The molecule has 0 radical (unpaired) electrons. The first-order valence-electron chi connectivity index (χ1n) is 5.71. The predicted octanol–water partition coefficient (Wildman–Crippen LogP) is 1.68. The summed E-state index contributed by atoms with van der Waals surface area (Å²) in [4.78, 5) is 24.0. The van der Waals surface area contributed by atoms with Gasteiger partial charge in [0.05, 0.1) is 6.42 Å². The van der Waals surface area contributed by atoms with Crippen molar-refractivity contribution >= 4 is 12.0 Å². The van der Waals surface area contributed by atoms with Gasteiger partial charge in [-0.3, -0.25) is 4.79 Å². The third kappa shape index (κ3) is 5.00. The molecule has 0 aliphatic heterocycles. The van der Waals surface area contributed by atoms with Gasteiger partial charge in [-0.25, -0.2) is 4.79 Å². The lowest BCUT2D eigenvalue weighted by Crippen LogP contribution is -2.47. The molecule has 5 nitrogen and oxygen atoms in total. The minimum Gasteiger partial charge on any atom is -0.481 e. The third-order valence-electron chi connectivity index (χ3n) is 2.58. The lowest BCUT2D eigenvalue weighted by molar-refractivity contribution is -0.137. The van der Waals surface area contributed by atoms with Gasteiger partial charge in [-0.1, -0.05) is 6.92 Å². The van der Waals surface area contributed by atoms with E-state index >= 15 is 0 Å². The number of hydrogen-bond donors (Lipinski definition) is 2. The molecule has 0 aromatic carbocycles. The Balaban J connectivity index is 4.25. The van der Waals surface area contributed by atoms with Crippen molar-refractivity contribution in [3.63, 3.8) is 0 Å². The Morgan fingerprint density at radius 2 is 1.88 bits per heavy atom. The van der Waals surface area contributed by atoms with E-state index in [9.17, 15) is 9.59 Å². The number of carboxylic acid groups (broad SMARTS) is 1. The number of aliphatic carboxylic acids is 1. The molecule has 2 unspecified atom stereocenters. The number of nitrogens with zero attached hydrogens (tertiary/aromatic N) is 1. The Bertz CT molecular complexity index is 243. The van der Waals surface area contributed by atoms with E-state index in [1.807, 2.05) is 20.8 Å². The molecule has 0 aromatic heterocycles. The molecule has 2 N–H and O–H groups in total. The Morgan fingerprint density at radius 3 is 2.25 bits per heavy atom. The van der Waals surface area contributed by atoms with Crippen molar-refractivity contribution in [2.24, 2.45) is 0 Å². The van der Waals surface area contributed by atoms with Crippen LogP contribution in [-0.2, 0) is 4.79 Å². The van der Waals surface area contributed by atoms with Gasteiger partial charge in [0, 0.05) is 18.6 Å². The van der Waals surface area contributed by atoms with E-state index < -0.39 is 5.97 Å². The van der Waals surface area contributed by atoms with E-state index in [-0.39, 0.29) is 24.5 Å². The van der Waals surface area contributed by atoms with Crippen LogP contribution in [0.3, 0.4) is 0 Å². The van der Waals surface area contributed by atoms with Gasteiger partial charge >= 0.3 is 12.0 Å². The van der Waals surface area contributed by atoms with Crippen LogP contribution >= 0.6 is 0 Å². The average Bonchev–Trinajstić information content (AvgIpc) is 2.16. The van der Waals surface area contributed by atoms with E-state index in [2.05, 4.69) is 5.32 Å². The van der Waals surface area contributed by atoms with Crippen molar-refractivity contribution in [2.75, 3.05) is 6.54 Å².